The van der Waals surface area contributed by atoms with Crippen molar-refractivity contribution in [1.29, 1.82) is 0 Å². The number of imidazole rings is 1. The Balaban J connectivity index is 0.000000237. The Morgan fingerprint density at radius 3 is 2.04 bits per heavy atom. The average molecular weight is 642 g/mol. The van der Waals surface area contributed by atoms with Gasteiger partial charge in [-0.15, -0.1) is 0 Å². The molecule has 47 heavy (non-hydrogen) atoms. The van der Waals surface area contributed by atoms with Crippen LogP contribution in [0.15, 0.2) is 91.0 Å². The second kappa shape index (κ2) is 16.4. The standard InChI is InChI=1S/C23H28F2N6O.C14H15N.H2/c24-21(25)22-27-17-8-4-5-9-18(17)31(22)20-14-19(30-10-12-32-13-11-30)28-23(29-20)26-15-16-6-2-1-3-7-16;1-3-7-13(8-4-1)11-15-12-14-9-5-2-6-10-14;/h4-5,8-9,14,16,21H,1-3,6-7,10-13,15H2,(H,26,28,29);1-10,15H,11-12H2;1H. The maximum Gasteiger partial charge on any atom is 0.296 e. The molecule has 1 saturated carbocycles. The lowest BCUT2D eigenvalue weighted by molar-refractivity contribution is 0.122. The van der Waals surface area contributed by atoms with E-state index in [2.05, 4.69) is 74.0 Å². The molecule has 0 radical (unpaired) electrons. The fourth-order valence-electron chi connectivity index (χ4n) is 6.17. The number of anilines is 2. The van der Waals surface area contributed by atoms with Crippen molar-refractivity contribution in [3.63, 3.8) is 0 Å². The minimum atomic E-state index is -2.72. The minimum absolute atomic E-state index is 0. The van der Waals surface area contributed by atoms with Gasteiger partial charge in [-0.2, -0.15) is 9.97 Å². The number of fused-ring (bicyclic) bond motifs is 1. The number of rotatable bonds is 10. The van der Waals surface area contributed by atoms with E-state index in [1.165, 1.54) is 47.8 Å². The average Bonchev–Trinajstić information content (AvgIpc) is 3.53. The largest absolute Gasteiger partial charge is 0.378 e. The Morgan fingerprint density at radius 2 is 1.38 bits per heavy atom. The number of halogens is 2. The van der Waals surface area contributed by atoms with Crippen LogP contribution in [0.2, 0.25) is 0 Å². The molecule has 5 aromatic rings. The summed E-state index contributed by atoms with van der Waals surface area (Å²) in [6, 6.07) is 29.8. The third kappa shape index (κ3) is 8.90. The lowest BCUT2D eigenvalue weighted by Crippen LogP contribution is -2.37. The number of hydrogen-bond donors (Lipinski definition) is 2. The number of ether oxygens (including phenoxy) is 1. The third-order valence-corrected chi connectivity index (χ3v) is 8.66. The lowest BCUT2D eigenvalue weighted by Gasteiger charge is -2.28. The molecule has 3 aromatic carbocycles. The molecule has 1 saturated heterocycles. The zero-order valence-corrected chi connectivity index (χ0v) is 26.7. The molecule has 0 unspecified atom stereocenters. The monoisotopic (exact) mass is 641 g/mol. The second-order valence-electron chi connectivity index (χ2n) is 12.1. The van der Waals surface area contributed by atoms with E-state index < -0.39 is 6.43 Å². The summed E-state index contributed by atoms with van der Waals surface area (Å²) in [4.78, 5) is 15.7. The highest BCUT2D eigenvalue weighted by Crippen LogP contribution is 2.30. The van der Waals surface area contributed by atoms with Gasteiger partial charge < -0.3 is 20.3 Å². The Bertz CT molecular complexity index is 1640. The van der Waals surface area contributed by atoms with Crippen molar-refractivity contribution in [3.05, 3.63) is 108 Å². The van der Waals surface area contributed by atoms with Gasteiger partial charge in [-0.1, -0.05) is 92.1 Å². The molecule has 10 heteroatoms. The topological polar surface area (TPSA) is 80.1 Å². The van der Waals surface area contributed by atoms with Crippen molar-refractivity contribution in [2.45, 2.75) is 51.6 Å². The van der Waals surface area contributed by atoms with Crippen molar-refractivity contribution < 1.29 is 14.9 Å². The number of nitrogens with one attached hydrogen (secondary N) is 2. The van der Waals surface area contributed by atoms with Gasteiger partial charge in [0.2, 0.25) is 5.95 Å². The van der Waals surface area contributed by atoms with E-state index in [0.717, 1.165) is 19.6 Å². The maximum absolute atomic E-state index is 13.9. The molecule has 1 aliphatic heterocycles. The maximum atomic E-state index is 13.9. The van der Waals surface area contributed by atoms with E-state index in [1.807, 2.05) is 18.2 Å². The van der Waals surface area contributed by atoms with Gasteiger partial charge in [-0.3, -0.25) is 4.57 Å². The number of nitrogens with zero attached hydrogens (tertiary/aromatic N) is 5. The van der Waals surface area contributed by atoms with Crippen molar-refractivity contribution in [3.8, 4) is 5.82 Å². The van der Waals surface area contributed by atoms with Gasteiger partial charge in [-0.25, -0.2) is 13.8 Å². The summed E-state index contributed by atoms with van der Waals surface area (Å²) >= 11 is 0. The first-order valence-electron chi connectivity index (χ1n) is 16.6. The quantitative estimate of drug-likeness (QED) is 0.161. The predicted molar refractivity (Wildman–Crippen MR) is 185 cm³/mol. The molecule has 0 amide bonds. The predicted octanol–water partition coefficient (Wildman–Crippen LogP) is 7.80. The van der Waals surface area contributed by atoms with Crippen LogP contribution in [-0.2, 0) is 17.8 Å². The summed E-state index contributed by atoms with van der Waals surface area (Å²) in [6.07, 6.45) is 3.49. The highest BCUT2D eigenvalue weighted by Gasteiger charge is 2.23. The molecule has 0 spiro atoms. The molecule has 2 N–H and O–H groups in total. The Morgan fingerprint density at radius 1 is 0.766 bits per heavy atom. The van der Waals surface area contributed by atoms with Crippen molar-refractivity contribution in [2.75, 3.05) is 43.1 Å². The second-order valence-corrected chi connectivity index (χ2v) is 12.1. The van der Waals surface area contributed by atoms with E-state index >= 15 is 0 Å². The highest BCUT2D eigenvalue weighted by molar-refractivity contribution is 5.78. The molecule has 0 bridgehead atoms. The summed E-state index contributed by atoms with van der Waals surface area (Å²) in [5.41, 5.74) is 3.78. The van der Waals surface area contributed by atoms with Gasteiger partial charge >= 0.3 is 0 Å². The van der Waals surface area contributed by atoms with Crippen LogP contribution in [0, 0.1) is 5.92 Å². The Hall–Kier alpha value is -4.41. The lowest BCUT2D eigenvalue weighted by atomic mass is 9.89. The van der Waals surface area contributed by atoms with Crippen LogP contribution < -0.4 is 15.5 Å². The summed E-state index contributed by atoms with van der Waals surface area (Å²) in [5, 5.41) is 6.81. The van der Waals surface area contributed by atoms with Gasteiger partial charge in [0.05, 0.1) is 24.2 Å². The molecule has 1 aliphatic carbocycles. The van der Waals surface area contributed by atoms with E-state index in [9.17, 15) is 8.78 Å². The highest BCUT2D eigenvalue weighted by atomic mass is 19.3. The van der Waals surface area contributed by atoms with Crippen LogP contribution in [0.5, 0.6) is 0 Å². The number of aromatic nitrogens is 4. The number of para-hydroxylation sites is 2. The van der Waals surface area contributed by atoms with Gasteiger partial charge in [0.15, 0.2) is 5.82 Å². The number of benzene rings is 3. The van der Waals surface area contributed by atoms with E-state index in [1.54, 1.807) is 24.3 Å². The first-order chi connectivity index (χ1) is 23.1. The van der Waals surface area contributed by atoms with Gasteiger partial charge in [-0.05, 0) is 42.0 Å². The third-order valence-electron chi connectivity index (χ3n) is 8.66. The fraction of sp³-hybridized carbons (Fsp3) is 0.378. The van der Waals surface area contributed by atoms with Crippen molar-refractivity contribution in [1.82, 2.24) is 24.8 Å². The van der Waals surface area contributed by atoms with Crippen LogP contribution in [0.25, 0.3) is 16.9 Å². The van der Waals surface area contributed by atoms with Crippen LogP contribution in [0.3, 0.4) is 0 Å². The Labute approximate surface area is 276 Å². The number of hydrogen-bond acceptors (Lipinski definition) is 7. The first-order valence-corrected chi connectivity index (χ1v) is 16.6. The smallest absolute Gasteiger partial charge is 0.296 e. The molecule has 2 aliphatic rings. The van der Waals surface area contributed by atoms with Crippen LogP contribution in [-0.4, -0.2) is 52.4 Å². The van der Waals surface area contributed by atoms with E-state index in [4.69, 9.17) is 9.72 Å². The summed E-state index contributed by atoms with van der Waals surface area (Å²) in [7, 11) is 0. The summed E-state index contributed by atoms with van der Waals surface area (Å²) in [5.74, 6) is 1.86. The Kier molecular flexibility index (Phi) is 11.4. The van der Waals surface area contributed by atoms with Crippen LogP contribution in [0.4, 0.5) is 20.5 Å². The van der Waals surface area contributed by atoms with Gasteiger partial charge in [0.1, 0.15) is 11.6 Å². The molecule has 7 rings (SSSR count). The SMILES string of the molecule is FC(F)c1nc2ccccc2n1-c1cc(N2CCOCC2)nc(NCC2CCCCC2)n1.[HH].c1ccc(CNCc2ccccc2)cc1. The molecule has 3 heterocycles. The molecular formula is C37H45F2N7O. The van der Waals surface area contributed by atoms with Gasteiger partial charge in [0, 0.05) is 40.2 Å². The number of morpholine rings is 1. The summed E-state index contributed by atoms with van der Waals surface area (Å²) in [6.45, 7) is 5.26. The van der Waals surface area contributed by atoms with Crippen molar-refractivity contribution in [2.24, 2.45) is 5.92 Å². The molecule has 8 nitrogen and oxygen atoms in total. The van der Waals surface area contributed by atoms with Crippen molar-refractivity contribution >= 4 is 22.8 Å². The van der Waals surface area contributed by atoms with E-state index in [-0.39, 0.29) is 7.25 Å². The molecule has 248 valence electrons. The fourth-order valence-corrected chi connectivity index (χ4v) is 6.17. The van der Waals surface area contributed by atoms with Crippen LogP contribution in [0.1, 0.15) is 56.9 Å². The normalized spacial score (nSPS) is 15.4. The molecule has 2 aromatic heterocycles. The minimum Gasteiger partial charge on any atom is -0.378 e. The molecule has 0 atom stereocenters. The number of alkyl halides is 2. The molecular weight excluding hydrogens is 596 g/mol. The van der Waals surface area contributed by atoms with Crippen LogP contribution >= 0.6 is 0 Å². The zero-order chi connectivity index (χ0) is 32.3. The zero-order valence-electron chi connectivity index (χ0n) is 26.7. The van der Waals surface area contributed by atoms with Gasteiger partial charge in [0.25, 0.3) is 6.43 Å². The first kappa shape index (κ1) is 32.5. The summed E-state index contributed by atoms with van der Waals surface area (Å²) < 4.78 is 34.8. The molecule has 2 fully saturated rings. The van der Waals surface area contributed by atoms with E-state index in [0.29, 0.717) is 60.8 Å².